The summed E-state index contributed by atoms with van der Waals surface area (Å²) in [7, 11) is 0. The lowest BCUT2D eigenvalue weighted by molar-refractivity contribution is -0.164. The summed E-state index contributed by atoms with van der Waals surface area (Å²) in [6.45, 7) is 7.59. The maximum atomic E-state index is 10.8. The first-order valence-electron chi connectivity index (χ1n) is 7.59. The molecule has 1 N–H and O–H groups in total. The quantitative estimate of drug-likeness (QED) is 0.844. The van der Waals surface area contributed by atoms with E-state index in [-0.39, 0.29) is 11.7 Å². The third-order valence-corrected chi connectivity index (χ3v) is 6.07. The number of aliphatic hydroxyl groups excluding tert-OH is 1. The Labute approximate surface area is 121 Å². The van der Waals surface area contributed by atoms with Gasteiger partial charge in [0, 0.05) is 19.0 Å². The van der Waals surface area contributed by atoms with Crippen LogP contribution in [0.3, 0.4) is 0 Å². The molecule has 0 saturated carbocycles. The number of rotatable bonds is 5. The molecular weight excluding hydrogens is 260 g/mol. The van der Waals surface area contributed by atoms with Crippen LogP contribution in [0.25, 0.3) is 0 Å². The van der Waals surface area contributed by atoms with Crippen LogP contribution in [0, 0.1) is 5.92 Å². The Morgan fingerprint density at radius 3 is 2.89 bits per heavy atom. The Morgan fingerprint density at radius 1 is 1.53 bits per heavy atom. The van der Waals surface area contributed by atoms with Crippen molar-refractivity contribution in [2.24, 2.45) is 5.92 Å². The average Bonchev–Trinajstić information content (AvgIpc) is 2.86. The van der Waals surface area contributed by atoms with Crippen molar-refractivity contribution >= 4 is 11.8 Å². The van der Waals surface area contributed by atoms with Gasteiger partial charge in [-0.1, -0.05) is 6.92 Å². The third kappa shape index (κ3) is 3.29. The van der Waals surface area contributed by atoms with E-state index in [1.54, 1.807) is 0 Å². The second-order valence-electron chi connectivity index (χ2n) is 6.13. The molecule has 2 rings (SSSR count). The molecule has 2 aliphatic rings. The maximum absolute atomic E-state index is 10.8. The molecule has 112 valence electrons. The van der Waals surface area contributed by atoms with Crippen molar-refractivity contribution < 1.29 is 14.6 Å². The van der Waals surface area contributed by atoms with Gasteiger partial charge in [0.15, 0.2) is 0 Å². The monoisotopic (exact) mass is 288 g/mol. The first kappa shape index (κ1) is 15.6. The van der Waals surface area contributed by atoms with Crippen LogP contribution >= 0.6 is 11.8 Å². The Bertz CT molecular complexity index is 291. The number of ether oxygens (including phenoxy) is 2. The van der Waals surface area contributed by atoms with E-state index >= 15 is 0 Å². The van der Waals surface area contributed by atoms with Crippen LogP contribution in [0.15, 0.2) is 0 Å². The number of hydrogen-bond donors (Lipinski definition) is 1. The smallest absolute Gasteiger partial charge is 0.0912 e. The first-order chi connectivity index (χ1) is 9.05. The molecule has 0 aliphatic carbocycles. The van der Waals surface area contributed by atoms with E-state index < -0.39 is 5.60 Å². The molecule has 3 nitrogen and oxygen atoms in total. The lowest BCUT2D eigenvalue weighted by atomic mass is 9.76. The van der Waals surface area contributed by atoms with Gasteiger partial charge in [-0.05, 0) is 51.2 Å². The molecule has 2 aliphatic heterocycles. The van der Waals surface area contributed by atoms with Gasteiger partial charge in [-0.15, -0.1) is 0 Å². The largest absolute Gasteiger partial charge is 0.390 e. The number of hydrogen-bond acceptors (Lipinski definition) is 4. The van der Waals surface area contributed by atoms with E-state index in [9.17, 15) is 5.11 Å². The highest BCUT2D eigenvalue weighted by Gasteiger charge is 2.46. The van der Waals surface area contributed by atoms with Gasteiger partial charge in [-0.3, -0.25) is 0 Å². The van der Waals surface area contributed by atoms with E-state index in [0.717, 1.165) is 38.0 Å². The zero-order valence-corrected chi connectivity index (χ0v) is 13.3. The Balaban J connectivity index is 2.03. The van der Waals surface area contributed by atoms with Gasteiger partial charge in [0.2, 0.25) is 0 Å². The summed E-state index contributed by atoms with van der Waals surface area (Å²) < 4.78 is 11.9. The van der Waals surface area contributed by atoms with Crippen LogP contribution < -0.4 is 0 Å². The predicted octanol–water partition coefficient (Wildman–Crippen LogP) is 2.85. The Kier molecular flexibility index (Phi) is 5.21. The standard InChI is InChI=1S/C15H28O3S/c1-4-14(3,17-5-2)13(16)12-6-8-18-15(10-12)7-9-19-11-15/h12-13,16H,4-11H2,1-3H3. The summed E-state index contributed by atoms with van der Waals surface area (Å²) in [5.74, 6) is 2.59. The molecule has 0 aromatic rings. The van der Waals surface area contributed by atoms with Gasteiger partial charge >= 0.3 is 0 Å². The van der Waals surface area contributed by atoms with Crippen molar-refractivity contribution in [1.29, 1.82) is 0 Å². The fourth-order valence-electron chi connectivity index (χ4n) is 3.42. The Hall–Kier alpha value is 0.230. The fourth-order valence-corrected chi connectivity index (χ4v) is 4.80. The summed E-state index contributed by atoms with van der Waals surface area (Å²) in [4.78, 5) is 0. The highest BCUT2D eigenvalue weighted by Crippen LogP contribution is 2.43. The second kappa shape index (κ2) is 6.33. The summed E-state index contributed by atoms with van der Waals surface area (Å²) in [5.41, 5.74) is -0.376. The highest BCUT2D eigenvalue weighted by molar-refractivity contribution is 7.99. The molecule has 0 bridgehead atoms. The minimum Gasteiger partial charge on any atom is -0.390 e. The van der Waals surface area contributed by atoms with Gasteiger partial charge in [0.25, 0.3) is 0 Å². The molecule has 2 heterocycles. The first-order valence-corrected chi connectivity index (χ1v) is 8.74. The highest BCUT2D eigenvalue weighted by atomic mass is 32.2. The SMILES string of the molecule is CCOC(C)(CC)C(O)C1CCOC2(CCSC2)C1. The normalized spacial score (nSPS) is 36.3. The van der Waals surface area contributed by atoms with Crippen LogP contribution in [0.1, 0.15) is 46.5 Å². The lowest BCUT2D eigenvalue weighted by Crippen LogP contribution is -2.51. The van der Waals surface area contributed by atoms with Crippen LogP contribution in [-0.4, -0.2) is 47.1 Å². The van der Waals surface area contributed by atoms with Crippen LogP contribution in [0.5, 0.6) is 0 Å². The summed E-state index contributed by atoms with van der Waals surface area (Å²) in [5, 5.41) is 10.8. The van der Waals surface area contributed by atoms with Gasteiger partial charge in [-0.2, -0.15) is 11.8 Å². The molecule has 2 saturated heterocycles. The van der Waals surface area contributed by atoms with E-state index in [1.165, 1.54) is 5.75 Å². The molecule has 19 heavy (non-hydrogen) atoms. The summed E-state index contributed by atoms with van der Waals surface area (Å²) in [6.07, 6.45) is 3.54. The van der Waals surface area contributed by atoms with Gasteiger partial charge in [-0.25, -0.2) is 0 Å². The zero-order valence-electron chi connectivity index (χ0n) is 12.5. The van der Waals surface area contributed by atoms with Crippen LogP contribution in [0.2, 0.25) is 0 Å². The van der Waals surface area contributed by atoms with Crippen molar-refractivity contribution in [3.8, 4) is 0 Å². The van der Waals surface area contributed by atoms with E-state index in [4.69, 9.17) is 9.47 Å². The van der Waals surface area contributed by atoms with Crippen molar-refractivity contribution in [2.45, 2.75) is 63.8 Å². The molecule has 0 aromatic heterocycles. The van der Waals surface area contributed by atoms with E-state index in [1.807, 2.05) is 25.6 Å². The molecule has 4 atom stereocenters. The molecule has 0 radical (unpaired) electrons. The third-order valence-electron chi connectivity index (χ3n) is 4.85. The van der Waals surface area contributed by atoms with Crippen LogP contribution in [0.4, 0.5) is 0 Å². The van der Waals surface area contributed by atoms with Gasteiger partial charge in [0.1, 0.15) is 0 Å². The lowest BCUT2D eigenvalue weighted by Gasteiger charge is -2.44. The molecule has 0 aromatic carbocycles. The van der Waals surface area contributed by atoms with Crippen molar-refractivity contribution in [3.05, 3.63) is 0 Å². The molecule has 0 amide bonds. The Morgan fingerprint density at radius 2 is 2.32 bits per heavy atom. The van der Waals surface area contributed by atoms with Crippen molar-refractivity contribution in [3.63, 3.8) is 0 Å². The van der Waals surface area contributed by atoms with E-state index in [0.29, 0.717) is 12.5 Å². The zero-order chi connectivity index (χ0) is 13.9. The molecule has 2 fully saturated rings. The fraction of sp³-hybridized carbons (Fsp3) is 1.00. The average molecular weight is 288 g/mol. The van der Waals surface area contributed by atoms with Crippen molar-refractivity contribution in [1.82, 2.24) is 0 Å². The number of thioether (sulfide) groups is 1. The summed E-state index contributed by atoms with van der Waals surface area (Å²) in [6, 6.07) is 0. The van der Waals surface area contributed by atoms with Gasteiger partial charge < -0.3 is 14.6 Å². The molecule has 1 spiro atoms. The molecule has 4 unspecified atom stereocenters. The maximum Gasteiger partial charge on any atom is 0.0912 e. The number of aliphatic hydroxyl groups is 1. The summed E-state index contributed by atoms with van der Waals surface area (Å²) >= 11 is 1.98. The molecular formula is C15H28O3S. The topological polar surface area (TPSA) is 38.7 Å². The minimum absolute atomic E-state index is 0.0371. The predicted molar refractivity (Wildman–Crippen MR) is 79.7 cm³/mol. The minimum atomic E-state index is -0.413. The van der Waals surface area contributed by atoms with Crippen molar-refractivity contribution in [2.75, 3.05) is 24.7 Å². The van der Waals surface area contributed by atoms with Crippen LogP contribution in [-0.2, 0) is 9.47 Å². The van der Waals surface area contributed by atoms with Gasteiger partial charge in [0.05, 0.1) is 17.3 Å². The van der Waals surface area contributed by atoms with E-state index in [2.05, 4.69) is 6.92 Å². The molecule has 4 heteroatoms. The second-order valence-corrected chi connectivity index (χ2v) is 7.24.